The summed E-state index contributed by atoms with van der Waals surface area (Å²) in [5, 5.41) is 0. The predicted molar refractivity (Wildman–Crippen MR) is 96.6 cm³/mol. The van der Waals surface area contributed by atoms with Crippen LogP contribution in [0.25, 0.3) is 0 Å². The average Bonchev–Trinajstić information content (AvgIpc) is 3.17. The van der Waals surface area contributed by atoms with E-state index < -0.39 is 0 Å². The lowest BCUT2D eigenvalue weighted by Crippen LogP contribution is -2.43. The van der Waals surface area contributed by atoms with Crippen LogP contribution in [0.2, 0.25) is 0 Å². The van der Waals surface area contributed by atoms with Crippen molar-refractivity contribution in [3.8, 4) is 0 Å². The third-order valence-electron chi connectivity index (χ3n) is 6.16. The normalized spacial score (nSPS) is 22.5. The lowest BCUT2D eigenvalue weighted by atomic mass is 9.86. The van der Waals surface area contributed by atoms with Gasteiger partial charge in [0.1, 0.15) is 0 Å². The Morgan fingerprint density at radius 3 is 2.25 bits per heavy atom. The Morgan fingerprint density at radius 2 is 1.67 bits per heavy atom. The Balaban J connectivity index is 1.56. The Labute approximate surface area is 146 Å². The minimum Gasteiger partial charge on any atom is -0.376 e. The summed E-state index contributed by atoms with van der Waals surface area (Å²) < 4.78 is 5.80. The molecule has 2 unspecified atom stereocenters. The fraction of sp³-hybridized carbons (Fsp3) is 0.667. The molecule has 1 saturated carbocycles. The number of benzene rings is 1. The van der Waals surface area contributed by atoms with Gasteiger partial charge in [0, 0.05) is 26.1 Å². The third-order valence-corrected chi connectivity index (χ3v) is 6.16. The van der Waals surface area contributed by atoms with E-state index in [0.717, 1.165) is 25.9 Å². The van der Waals surface area contributed by atoms with Crippen molar-refractivity contribution >= 4 is 5.91 Å². The summed E-state index contributed by atoms with van der Waals surface area (Å²) in [4.78, 5) is 14.9. The molecular formula is C21H31NO2. The smallest absolute Gasteiger partial charge is 0.225 e. The first kappa shape index (κ1) is 17.5. The second kappa shape index (κ2) is 8.15. The zero-order valence-corrected chi connectivity index (χ0v) is 15.1. The number of carbonyl (C=O) groups excluding carboxylic acids is 1. The van der Waals surface area contributed by atoms with Gasteiger partial charge >= 0.3 is 0 Å². The quantitative estimate of drug-likeness (QED) is 0.799. The van der Waals surface area contributed by atoms with Crippen molar-refractivity contribution in [1.29, 1.82) is 0 Å². The number of methoxy groups -OCH3 is 1. The number of ether oxygens (including phenoxy) is 1. The molecule has 1 saturated heterocycles. The van der Waals surface area contributed by atoms with Gasteiger partial charge in [-0.3, -0.25) is 4.79 Å². The number of hydrogen-bond donors (Lipinski definition) is 0. The topological polar surface area (TPSA) is 29.5 Å². The first-order chi connectivity index (χ1) is 11.7. The van der Waals surface area contributed by atoms with Crippen molar-refractivity contribution < 1.29 is 9.53 Å². The van der Waals surface area contributed by atoms with Gasteiger partial charge in [-0.25, -0.2) is 0 Å². The molecular weight excluding hydrogens is 298 g/mol. The van der Waals surface area contributed by atoms with Gasteiger partial charge in [0.25, 0.3) is 0 Å². The molecule has 24 heavy (non-hydrogen) atoms. The second-order valence-electron chi connectivity index (χ2n) is 7.56. The lowest BCUT2D eigenvalue weighted by molar-refractivity contribution is -0.138. The summed E-state index contributed by atoms with van der Waals surface area (Å²) in [6, 6.07) is 10.5. The van der Waals surface area contributed by atoms with Crippen molar-refractivity contribution in [2.45, 2.75) is 51.6 Å². The van der Waals surface area contributed by atoms with Crippen LogP contribution in [0.1, 0.15) is 57.1 Å². The summed E-state index contributed by atoms with van der Waals surface area (Å²) in [7, 11) is 1.80. The molecule has 1 aliphatic carbocycles. The molecule has 1 aromatic carbocycles. The van der Waals surface area contributed by atoms with Crippen molar-refractivity contribution in [2.24, 2.45) is 17.8 Å². The summed E-state index contributed by atoms with van der Waals surface area (Å²) in [6.45, 7) is 3.91. The van der Waals surface area contributed by atoms with E-state index in [1.54, 1.807) is 7.11 Å². The van der Waals surface area contributed by atoms with Gasteiger partial charge in [0.15, 0.2) is 0 Å². The van der Waals surface area contributed by atoms with Crippen LogP contribution in [0.3, 0.4) is 0 Å². The number of nitrogens with zero attached hydrogens (tertiary/aromatic N) is 1. The zero-order valence-electron chi connectivity index (χ0n) is 15.1. The molecule has 3 nitrogen and oxygen atoms in total. The van der Waals surface area contributed by atoms with E-state index in [9.17, 15) is 4.79 Å². The predicted octanol–water partition coefficient (Wildman–Crippen LogP) is 4.44. The number of amides is 1. The van der Waals surface area contributed by atoms with Gasteiger partial charge in [-0.2, -0.15) is 0 Å². The SMILES string of the molecule is COC(c1ccccc1)C1CCN(C(=O)C(C)C2CCCC2)CC1. The van der Waals surface area contributed by atoms with Crippen LogP contribution in [-0.2, 0) is 9.53 Å². The molecule has 0 N–H and O–H groups in total. The molecule has 2 aliphatic rings. The van der Waals surface area contributed by atoms with Crippen LogP contribution >= 0.6 is 0 Å². The number of piperidine rings is 1. The lowest BCUT2D eigenvalue weighted by Gasteiger charge is -2.37. The van der Waals surface area contributed by atoms with Crippen molar-refractivity contribution in [1.82, 2.24) is 4.90 Å². The van der Waals surface area contributed by atoms with E-state index in [1.165, 1.54) is 31.2 Å². The maximum atomic E-state index is 12.8. The van der Waals surface area contributed by atoms with Crippen LogP contribution in [0.15, 0.2) is 30.3 Å². The number of rotatable bonds is 5. The first-order valence-corrected chi connectivity index (χ1v) is 9.57. The molecule has 0 spiro atoms. The van der Waals surface area contributed by atoms with Gasteiger partial charge in [-0.05, 0) is 43.1 Å². The third kappa shape index (κ3) is 3.83. The van der Waals surface area contributed by atoms with Gasteiger partial charge in [-0.1, -0.05) is 50.1 Å². The molecule has 3 rings (SSSR count). The van der Waals surface area contributed by atoms with Crippen LogP contribution in [-0.4, -0.2) is 31.0 Å². The van der Waals surface area contributed by atoms with Gasteiger partial charge in [0.2, 0.25) is 5.91 Å². The summed E-state index contributed by atoms with van der Waals surface area (Å²) >= 11 is 0. The van der Waals surface area contributed by atoms with E-state index in [1.807, 2.05) is 6.07 Å². The standard InChI is InChI=1S/C21H31NO2/c1-16(17-8-6-7-9-17)21(23)22-14-12-19(13-15-22)20(24-2)18-10-4-3-5-11-18/h3-5,10-11,16-17,19-20H,6-9,12-15H2,1-2H3. The minimum absolute atomic E-state index is 0.149. The highest BCUT2D eigenvalue weighted by Crippen LogP contribution is 2.35. The fourth-order valence-electron chi connectivity index (χ4n) is 4.61. The largest absolute Gasteiger partial charge is 0.376 e. The highest BCUT2D eigenvalue weighted by atomic mass is 16.5. The van der Waals surface area contributed by atoms with Crippen molar-refractivity contribution in [2.75, 3.05) is 20.2 Å². The minimum atomic E-state index is 0.149. The Kier molecular flexibility index (Phi) is 5.94. The zero-order chi connectivity index (χ0) is 16.9. The number of hydrogen-bond acceptors (Lipinski definition) is 2. The van der Waals surface area contributed by atoms with Gasteiger partial charge < -0.3 is 9.64 Å². The summed E-state index contributed by atoms with van der Waals surface area (Å²) in [6.07, 6.45) is 7.31. The van der Waals surface area contributed by atoms with E-state index in [0.29, 0.717) is 17.7 Å². The first-order valence-electron chi connectivity index (χ1n) is 9.57. The number of carbonyl (C=O) groups is 1. The van der Waals surface area contributed by atoms with Crippen LogP contribution in [0, 0.1) is 17.8 Å². The van der Waals surface area contributed by atoms with Gasteiger partial charge in [-0.15, -0.1) is 0 Å². The van der Waals surface area contributed by atoms with Crippen molar-refractivity contribution in [3.05, 3.63) is 35.9 Å². The van der Waals surface area contributed by atoms with E-state index in [-0.39, 0.29) is 12.0 Å². The van der Waals surface area contributed by atoms with Crippen LogP contribution < -0.4 is 0 Å². The maximum absolute atomic E-state index is 12.8. The molecule has 2 fully saturated rings. The molecule has 1 amide bonds. The fourth-order valence-corrected chi connectivity index (χ4v) is 4.61. The molecule has 2 atom stereocenters. The van der Waals surface area contributed by atoms with Gasteiger partial charge in [0.05, 0.1) is 6.10 Å². The van der Waals surface area contributed by atoms with Crippen molar-refractivity contribution in [3.63, 3.8) is 0 Å². The Bertz CT molecular complexity index is 516. The molecule has 1 aromatic rings. The monoisotopic (exact) mass is 329 g/mol. The molecule has 3 heteroatoms. The van der Waals surface area contributed by atoms with Crippen LogP contribution in [0.5, 0.6) is 0 Å². The molecule has 0 aromatic heterocycles. The highest BCUT2D eigenvalue weighted by Gasteiger charge is 2.34. The van der Waals surface area contributed by atoms with E-state index in [4.69, 9.17) is 4.74 Å². The summed E-state index contributed by atoms with van der Waals surface area (Å²) in [5.41, 5.74) is 1.25. The van der Waals surface area contributed by atoms with E-state index in [2.05, 4.69) is 36.1 Å². The summed E-state index contributed by atoms with van der Waals surface area (Å²) in [5.74, 6) is 1.71. The molecule has 1 heterocycles. The second-order valence-corrected chi connectivity index (χ2v) is 7.56. The maximum Gasteiger partial charge on any atom is 0.225 e. The average molecular weight is 329 g/mol. The van der Waals surface area contributed by atoms with E-state index >= 15 is 0 Å². The molecule has 0 radical (unpaired) electrons. The molecule has 0 bridgehead atoms. The Morgan fingerprint density at radius 1 is 1.04 bits per heavy atom. The number of likely N-dealkylation sites (tertiary alicyclic amines) is 1. The highest BCUT2D eigenvalue weighted by molar-refractivity contribution is 5.78. The van der Waals surface area contributed by atoms with Crippen LogP contribution in [0.4, 0.5) is 0 Å². The Hall–Kier alpha value is -1.35. The molecule has 1 aliphatic heterocycles. The molecule has 132 valence electrons.